The number of esters is 1. The van der Waals surface area contributed by atoms with Gasteiger partial charge in [-0.3, -0.25) is 4.79 Å². The molecule has 5 rings (SSSR count). The number of fused-ring (bicyclic) bond motifs is 1. The van der Waals surface area contributed by atoms with Gasteiger partial charge in [0.2, 0.25) is 0 Å². The Labute approximate surface area is 152 Å². The van der Waals surface area contributed by atoms with E-state index in [1.54, 1.807) is 43.5 Å². The minimum atomic E-state index is -1.53. The standard InChI is InChI=1S/C21H22O5/c1-3-10-26-19(22)18-12-20(23)14-6-4-5-7-15(14)21(18,24)16-9-8-13(25-2)11-17(16)20/h4-9,11,18,23-24H,3,10,12H2,1-2H3. The molecule has 2 N–H and O–H groups in total. The first-order chi connectivity index (χ1) is 12.5. The number of ether oxygens (including phenoxy) is 2. The summed E-state index contributed by atoms with van der Waals surface area (Å²) >= 11 is 0. The van der Waals surface area contributed by atoms with Gasteiger partial charge < -0.3 is 19.7 Å². The maximum Gasteiger partial charge on any atom is 0.312 e. The van der Waals surface area contributed by atoms with Crippen LogP contribution in [-0.2, 0) is 20.7 Å². The monoisotopic (exact) mass is 354 g/mol. The SMILES string of the molecule is CCCOC(=O)C1CC2(O)c3ccccc3C1(O)c1ccc(OC)cc12. The Morgan fingerprint density at radius 1 is 1.12 bits per heavy atom. The molecule has 136 valence electrons. The van der Waals surface area contributed by atoms with Crippen molar-refractivity contribution in [2.24, 2.45) is 5.92 Å². The van der Waals surface area contributed by atoms with Gasteiger partial charge in [0.05, 0.1) is 19.6 Å². The highest BCUT2D eigenvalue weighted by atomic mass is 16.5. The average molecular weight is 354 g/mol. The van der Waals surface area contributed by atoms with E-state index in [0.29, 0.717) is 41.0 Å². The van der Waals surface area contributed by atoms with Gasteiger partial charge in [-0.2, -0.15) is 0 Å². The van der Waals surface area contributed by atoms with Crippen LogP contribution < -0.4 is 4.74 Å². The second-order valence-corrected chi connectivity index (χ2v) is 7.01. The summed E-state index contributed by atoms with van der Waals surface area (Å²) < 4.78 is 10.6. The largest absolute Gasteiger partial charge is 0.497 e. The van der Waals surface area contributed by atoms with Crippen molar-refractivity contribution in [1.29, 1.82) is 0 Å². The lowest BCUT2D eigenvalue weighted by Crippen LogP contribution is -2.57. The maximum atomic E-state index is 12.7. The van der Waals surface area contributed by atoms with Crippen LogP contribution in [-0.4, -0.2) is 29.9 Å². The van der Waals surface area contributed by atoms with E-state index in [2.05, 4.69) is 0 Å². The van der Waals surface area contributed by atoms with Crippen molar-refractivity contribution in [3.63, 3.8) is 0 Å². The fraction of sp³-hybridized carbons (Fsp3) is 0.381. The smallest absolute Gasteiger partial charge is 0.312 e. The van der Waals surface area contributed by atoms with Gasteiger partial charge in [0.25, 0.3) is 0 Å². The van der Waals surface area contributed by atoms with E-state index in [4.69, 9.17) is 9.47 Å². The van der Waals surface area contributed by atoms with Gasteiger partial charge in [-0.25, -0.2) is 0 Å². The molecule has 0 fully saturated rings. The predicted octanol–water partition coefficient (Wildman–Crippen LogP) is 2.45. The van der Waals surface area contributed by atoms with Crippen molar-refractivity contribution in [3.05, 3.63) is 64.7 Å². The molecule has 3 aliphatic carbocycles. The van der Waals surface area contributed by atoms with Gasteiger partial charge in [0, 0.05) is 6.42 Å². The Balaban J connectivity index is 1.95. The van der Waals surface area contributed by atoms with Crippen molar-refractivity contribution in [2.75, 3.05) is 13.7 Å². The van der Waals surface area contributed by atoms with Crippen LogP contribution in [0.25, 0.3) is 0 Å². The summed E-state index contributed by atoms with van der Waals surface area (Å²) in [6.45, 7) is 2.21. The number of benzene rings is 2. The molecule has 0 heterocycles. The molecule has 0 aromatic heterocycles. The summed E-state index contributed by atoms with van der Waals surface area (Å²) in [5.74, 6) is -0.755. The number of carbonyl (C=O) groups is 1. The van der Waals surface area contributed by atoms with E-state index in [1.165, 1.54) is 0 Å². The molecule has 0 aliphatic heterocycles. The predicted molar refractivity (Wildman–Crippen MR) is 94.8 cm³/mol. The quantitative estimate of drug-likeness (QED) is 0.825. The summed E-state index contributed by atoms with van der Waals surface area (Å²) in [5.41, 5.74) is -0.608. The van der Waals surface area contributed by atoms with Crippen LogP contribution in [0, 0.1) is 5.92 Å². The first kappa shape index (κ1) is 17.1. The Morgan fingerprint density at radius 3 is 2.50 bits per heavy atom. The third kappa shape index (κ3) is 2.07. The van der Waals surface area contributed by atoms with Crippen LogP contribution in [0.4, 0.5) is 0 Å². The van der Waals surface area contributed by atoms with Crippen LogP contribution in [0.15, 0.2) is 42.5 Å². The average Bonchev–Trinajstić information content (AvgIpc) is 2.68. The summed E-state index contributed by atoms with van der Waals surface area (Å²) in [5, 5.41) is 23.4. The third-order valence-electron chi connectivity index (χ3n) is 5.60. The normalized spacial score (nSPS) is 28.2. The van der Waals surface area contributed by atoms with E-state index in [9.17, 15) is 15.0 Å². The van der Waals surface area contributed by atoms with Crippen LogP contribution in [0.3, 0.4) is 0 Å². The first-order valence-electron chi connectivity index (χ1n) is 8.87. The molecule has 3 atom stereocenters. The van der Waals surface area contributed by atoms with Crippen LogP contribution in [0.2, 0.25) is 0 Å². The second kappa shape index (κ2) is 5.83. The highest BCUT2D eigenvalue weighted by molar-refractivity contribution is 5.79. The number of aliphatic hydroxyl groups is 2. The van der Waals surface area contributed by atoms with Crippen molar-refractivity contribution >= 4 is 5.97 Å². The molecular weight excluding hydrogens is 332 g/mol. The topological polar surface area (TPSA) is 76.0 Å². The van der Waals surface area contributed by atoms with E-state index < -0.39 is 23.1 Å². The lowest BCUT2D eigenvalue weighted by atomic mass is 9.54. The summed E-state index contributed by atoms with van der Waals surface area (Å²) in [4.78, 5) is 12.7. The zero-order valence-electron chi connectivity index (χ0n) is 14.9. The number of rotatable bonds is 4. The van der Waals surface area contributed by atoms with Gasteiger partial charge in [0.1, 0.15) is 17.0 Å². The molecular formula is C21H22O5. The molecule has 0 saturated carbocycles. The zero-order valence-corrected chi connectivity index (χ0v) is 14.9. The summed E-state index contributed by atoms with van der Waals surface area (Å²) in [7, 11) is 1.56. The molecule has 0 radical (unpaired) electrons. The van der Waals surface area contributed by atoms with Crippen molar-refractivity contribution in [1.82, 2.24) is 0 Å². The van der Waals surface area contributed by atoms with Crippen molar-refractivity contribution < 1.29 is 24.5 Å². The molecule has 2 bridgehead atoms. The molecule has 5 heteroatoms. The first-order valence-corrected chi connectivity index (χ1v) is 8.87. The minimum Gasteiger partial charge on any atom is -0.497 e. The number of hydrogen-bond donors (Lipinski definition) is 2. The summed E-state index contributed by atoms with van der Waals surface area (Å²) in [6, 6.07) is 12.4. The van der Waals surface area contributed by atoms with Crippen molar-refractivity contribution in [2.45, 2.75) is 31.0 Å². The molecule has 3 unspecified atom stereocenters. The third-order valence-corrected chi connectivity index (χ3v) is 5.60. The second-order valence-electron chi connectivity index (χ2n) is 7.01. The lowest BCUT2D eigenvalue weighted by Gasteiger charge is -2.53. The fourth-order valence-corrected chi connectivity index (χ4v) is 4.39. The highest BCUT2D eigenvalue weighted by Gasteiger charge is 2.62. The lowest BCUT2D eigenvalue weighted by molar-refractivity contribution is -0.166. The Kier molecular flexibility index (Phi) is 3.82. The van der Waals surface area contributed by atoms with E-state index in [1.807, 2.05) is 13.0 Å². The number of methoxy groups -OCH3 is 1. The van der Waals surface area contributed by atoms with Crippen LogP contribution in [0.1, 0.15) is 42.0 Å². The van der Waals surface area contributed by atoms with Crippen molar-refractivity contribution in [3.8, 4) is 5.75 Å². The van der Waals surface area contributed by atoms with Crippen LogP contribution in [0.5, 0.6) is 5.75 Å². The molecule has 5 nitrogen and oxygen atoms in total. The van der Waals surface area contributed by atoms with Gasteiger partial charge >= 0.3 is 5.97 Å². The molecule has 0 amide bonds. The summed E-state index contributed by atoms with van der Waals surface area (Å²) in [6.07, 6.45) is 0.773. The van der Waals surface area contributed by atoms with E-state index in [-0.39, 0.29) is 6.42 Å². The number of carbonyl (C=O) groups excluding carboxylic acids is 1. The van der Waals surface area contributed by atoms with E-state index >= 15 is 0 Å². The Morgan fingerprint density at radius 2 is 1.81 bits per heavy atom. The van der Waals surface area contributed by atoms with Gasteiger partial charge in [-0.1, -0.05) is 37.3 Å². The maximum absolute atomic E-state index is 12.7. The van der Waals surface area contributed by atoms with Crippen LogP contribution >= 0.6 is 0 Å². The Hall–Kier alpha value is -2.37. The van der Waals surface area contributed by atoms with Gasteiger partial charge in [-0.15, -0.1) is 0 Å². The number of hydrogen-bond acceptors (Lipinski definition) is 5. The zero-order chi connectivity index (χ0) is 18.5. The molecule has 2 aromatic rings. The Bertz CT molecular complexity index is 876. The van der Waals surface area contributed by atoms with Gasteiger partial charge in [-0.05, 0) is 40.8 Å². The molecule has 26 heavy (non-hydrogen) atoms. The van der Waals surface area contributed by atoms with E-state index in [0.717, 1.165) is 0 Å². The fourth-order valence-electron chi connectivity index (χ4n) is 4.39. The minimum absolute atomic E-state index is 0.0726. The molecule has 0 spiro atoms. The molecule has 3 aliphatic rings. The molecule has 0 saturated heterocycles. The molecule has 2 aromatic carbocycles. The highest BCUT2D eigenvalue weighted by Crippen LogP contribution is 2.60. The van der Waals surface area contributed by atoms with Gasteiger partial charge in [0.15, 0.2) is 0 Å².